The van der Waals surface area contributed by atoms with Crippen LogP contribution in [0.5, 0.6) is 5.88 Å². The zero-order chi connectivity index (χ0) is 22.5. The highest BCUT2D eigenvalue weighted by Crippen LogP contribution is 2.39. The first-order valence-electron chi connectivity index (χ1n) is 10.6. The summed E-state index contributed by atoms with van der Waals surface area (Å²) < 4.78 is 73.4. The zero-order valence-electron chi connectivity index (χ0n) is 17.2. The number of hydrogen-bond acceptors (Lipinski definition) is 6. The standard InChI is InChI=1S/C21H23F3N4O3S/c22-21(23,24)17-3-1-2-4-19(17)32(29,30)28-8-7-27-13-16(9-15(27)12-28)31-20-11-25-18(10-26-20)14-5-6-14/h1-4,10-11,14-16H,5-9,12-13H2/t15-,16+/m0/s1. The van der Waals surface area contributed by atoms with Gasteiger partial charge in [-0.1, -0.05) is 12.1 Å². The Labute approximate surface area is 184 Å². The second kappa shape index (κ2) is 7.96. The second-order valence-corrected chi connectivity index (χ2v) is 10.4. The van der Waals surface area contributed by atoms with E-state index < -0.39 is 26.7 Å². The molecule has 0 unspecified atom stereocenters. The van der Waals surface area contributed by atoms with Gasteiger partial charge in [-0.15, -0.1) is 0 Å². The SMILES string of the molecule is O=S(=O)(c1ccccc1C(F)(F)F)N1CCN2C[C@H](Oc3cnc(C4CC4)cn3)C[C@H]2C1. The van der Waals surface area contributed by atoms with E-state index in [1.54, 1.807) is 12.4 Å². The fourth-order valence-electron chi connectivity index (χ4n) is 4.48. The van der Waals surface area contributed by atoms with Crippen LogP contribution in [0, 0.1) is 0 Å². The van der Waals surface area contributed by atoms with E-state index >= 15 is 0 Å². The summed E-state index contributed by atoms with van der Waals surface area (Å²) in [6.07, 6.45) is 1.29. The van der Waals surface area contributed by atoms with E-state index in [-0.39, 0.29) is 25.2 Å². The van der Waals surface area contributed by atoms with Crippen LogP contribution in [0.3, 0.4) is 0 Å². The number of piperazine rings is 1. The number of halogens is 3. The largest absolute Gasteiger partial charge is 0.472 e. The van der Waals surface area contributed by atoms with Gasteiger partial charge in [-0.25, -0.2) is 13.4 Å². The van der Waals surface area contributed by atoms with Crippen molar-refractivity contribution in [3.63, 3.8) is 0 Å². The molecule has 0 amide bonds. The molecular weight excluding hydrogens is 445 g/mol. The minimum absolute atomic E-state index is 0.125. The zero-order valence-corrected chi connectivity index (χ0v) is 18.0. The predicted molar refractivity (Wildman–Crippen MR) is 109 cm³/mol. The van der Waals surface area contributed by atoms with Crippen LogP contribution in [-0.2, 0) is 16.2 Å². The molecule has 1 aliphatic carbocycles. The van der Waals surface area contributed by atoms with Gasteiger partial charge in [-0.05, 0) is 25.0 Å². The third kappa shape index (κ3) is 4.20. The normalized spacial score (nSPS) is 25.0. The molecule has 2 saturated heterocycles. The summed E-state index contributed by atoms with van der Waals surface area (Å²) >= 11 is 0. The first-order valence-corrected chi connectivity index (χ1v) is 12.0. The molecule has 32 heavy (non-hydrogen) atoms. The Morgan fingerprint density at radius 2 is 1.81 bits per heavy atom. The Kier molecular flexibility index (Phi) is 5.37. The first kappa shape index (κ1) is 21.6. The van der Waals surface area contributed by atoms with E-state index in [1.165, 1.54) is 12.1 Å². The molecule has 0 bridgehead atoms. The van der Waals surface area contributed by atoms with Crippen molar-refractivity contribution in [3.8, 4) is 5.88 Å². The summed E-state index contributed by atoms with van der Waals surface area (Å²) in [4.78, 5) is 10.2. The lowest BCUT2D eigenvalue weighted by Crippen LogP contribution is -2.52. The second-order valence-electron chi connectivity index (χ2n) is 8.54. The van der Waals surface area contributed by atoms with E-state index in [9.17, 15) is 21.6 Å². The van der Waals surface area contributed by atoms with Crippen molar-refractivity contribution in [3.05, 3.63) is 47.9 Å². The molecule has 1 saturated carbocycles. The summed E-state index contributed by atoms with van der Waals surface area (Å²) in [6.45, 7) is 1.31. The van der Waals surface area contributed by atoms with Crippen molar-refractivity contribution in [1.29, 1.82) is 0 Å². The number of fused-ring (bicyclic) bond motifs is 1. The summed E-state index contributed by atoms with van der Waals surface area (Å²) in [5, 5.41) is 0. The molecule has 2 atom stereocenters. The quantitative estimate of drug-likeness (QED) is 0.672. The van der Waals surface area contributed by atoms with Crippen LogP contribution in [0.15, 0.2) is 41.6 Å². The minimum Gasteiger partial charge on any atom is -0.472 e. The van der Waals surface area contributed by atoms with Crippen LogP contribution in [0.4, 0.5) is 13.2 Å². The van der Waals surface area contributed by atoms with Crippen LogP contribution >= 0.6 is 0 Å². The number of alkyl halides is 3. The maximum atomic E-state index is 13.4. The fraction of sp³-hybridized carbons (Fsp3) is 0.524. The molecule has 1 aromatic heterocycles. The van der Waals surface area contributed by atoms with Crippen LogP contribution < -0.4 is 4.74 Å². The molecule has 3 aliphatic rings. The van der Waals surface area contributed by atoms with Gasteiger partial charge in [0.05, 0.1) is 28.5 Å². The van der Waals surface area contributed by atoms with E-state index in [0.717, 1.165) is 35.0 Å². The molecule has 3 fully saturated rings. The first-order chi connectivity index (χ1) is 15.2. The highest BCUT2D eigenvalue weighted by molar-refractivity contribution is 7.89. The van der Waals surface area contributed by atoms with Gasteiger partial charge in [0.1, 0.15) is 6.10 Å². The maximum absolute atomic E-state index is 13.4. The van der Waals surface area contributed by atoms with Gasteiger partial charge in [0.15, 0.2) is 0 Å². The summed E-state index contributed by atoms with van der Waals surface area (Å²) in [7, 11) is -4.27. The summed E-state index contributed by atoms with van der Waals surface area (Å²) in [5.74, 6) is 0.940. The highest BCUT2D eigenvalue weighted by atomic mass is 32.2. The highest BCUT2D eigenvalue weighted by Gasteiger charge is 2.43. The molecule has 0 radical (unpaired) electrons. The lowest BCUT2D eigenvalue weighted by molar-refractivity contribution is -0.139. The molecule has 0 N–H and O–H groups in total. The molecule has 0 spiro atoms. The number of hydrogen-bond donors (Lipinski definition) is 0. The summed E-state index contributed by atoms with van der Waals surface area (Å²) in [5.41, 5.74) is -0.163. The third-order valence-corrected chi connectivity index (χ3v) is 8.21. The van der Waals surface area contributed by atoms with Crippen LogP contribution in [-0.4, -0.2) is 65.9 Å². The molecule has 7 nitrogen and oxygen atoms in total. The van der Waals surface area contributed by atoms with Gasteiger partial charge in [0.25, 0.3) is 0 Å². The lowest BCUT2D eigenvalue weighted by atomic mass is 10.2. The molecule has 5 rings (SSSR count). The minimum atomic E-state index is -4.74. The summed E-state index contributed by atoms with van der Waals surface area (Å²) in [6, 6.07) is 4.21. The van der Waals surface area contributed by atoms with Gasteiger partial charge in [0, 0.05) is 44.6 Å². The van der Waals surface area contributed by atoms with Crippen molar-refractivity contribution in [2.24, 2.45) is 0 Å². The van der Waals surface area contributed by atoms with Crippen molar-refractivity contribution >= 4 is 10.0 Å². The third-order valence-electron chi connectivity index (χ3n) is 6.28. The fourth-order valence-corrected chi connectivity index (χ4v) is 6.16. The Balaban J connectivity index is 1.27. The van der Waals surface area contributed by atoms with Crippen molar-refractivity contribution < 1.29 is 26.3 Å². The average Bonchev–Trinajstić information content (AvgIpc) is 3.53. The molecule has 1 aromatic carbocycles. The Bertz CT molecular complexity index is 1090. The smallest absolute Gasteiger partial charge is 0.417 e. The van der Waals surface area contributed by atoms with Crippen molar-refractivity contribution in [1.82, 2.24) is 19.2 Å². The van der Waals surface area contributed by atoms with Crippen molar-refractivity contribution in [2.45, 2.75) is 48.4 Å². The number of aromatic nitrogens is 2. The van der Waals surface area contributed by atoms with Crippen LogP contribution in [0.2, 0.25) is 0 Å². The number of benzene rings is 1. The van der Waals surface area contributed by atoms with E-state index in [0.29, 0.717) is 31.3 Å². The van der Waals surface area contributed by atoms with Gasteiger partial charge in [-0.2, -0.15) is 17.5 Å². The average molecular weight is 469 g/mol. The van der Waals surface area contributed by atoms with Gasteiger partial charge < -0.3 is 4.74 Å². The van der Waals surface area contributed by atoms with E-state index in [2.05, 4.69) is 14.9 Å². The molecular formula is C21H23F3N4O3S. The Hall–Kier alpha value is -2.24. The molecule has 3 heterocycles. The number of nitrogens with zero attached hydrogens (tertiary/aromatic N) is 4. The van der Waals surface area contributed by atoms with Crippen molar-refractivity contribution in [2.75, 3.05) is 26.2 Å². The van der Waals surface area contributed by atoms with Crippen LogP contribution in [0.25, 0.3) is 0 Å². The Morgan fingerprint density at radius 3 is 2.50 bits per heavy atom. The Morgan fingerprint density at radius 1 is 1.03 bits per heavy atom. The van der Waals surface area contributed by atoms with Gasteiger partial charge in [0.2, 0.25) is 15.9 Å². The number of ether oxygens (including phenoxy) is 1. The number of sulfonamides is 1. The number of rotatable bonds is 5. The van der Waals surface area contributed by atoms with Gasteiger partial charge >= 0.3 is 6.18 Å². The molecule has 2 aliphatic heterocycles. The monoisotopic (exact) mass is 468 g/mol. The molecule has 2 aromatic rings. The molecule has 11 heteroatoms. The predicted octanol–water partition coefficient (Wildman–Crippen LogP) is 2.90. The van der Waals surface area contributed by atoms with Gasteiger partial charge in [-0.3, -0.25) is 9.88 Å². The topological polar surface area (TPSA) is 75.6 Å². The maximum Gasteiger partial charge on any atom is 0.417 e. The van der Waals surface area contributed by atoms with E-state index in [1.807, 2.05) is 0 Å². The van der Waals surface area contributed by atoms with Crippen LogP contribution in [0.1, 0.15) is 36.4 Å². The molecule has 172 valence electrons. The lowest BCUT2D eigenvalue weighted by Gasteiger charge is -2.36. The van der Waals surface area contributed by atoms with E-state index in [4.69, 9.17) is 4.74 Å².